The predicted molar refractivity (Wildman–Crippen MR) is 55.7 cm³/mol. The van der Waals surface area contributed by atoms with E-state index < -0.39 is 18.1 Å². The molecule has 0 aliphatic heterocycles. The number of fused-ring (bicyclic) bond motifs is 1. The van der Waals surface area contributed by atoms with Crippen LogP contribution >= 0.6 is 11.3 Å². The van der Waals surface area contributed by atoms with E-state index in [2.05, 4.69) is 4.98 Å². The number of imidazole rings is 1. The molecule has 8 heteroatoms. The Hall–Kier alpha value is -1.57. The average molecular weight is 263 g/mol. The van der Waals surface area contributed by atoms with Gasteiger partial charge in [0.05, 0.1) is 12.2 Å². The van der Waals surface area contributed by atoms with Crippen molar-refractivity contribution in [3.8, 4) is 0 Å². The number of nitrogens with zero attached hydrogens (tertiary/aromatic N) is 2. The van der Waals surface area contributed by atoms with Crippen LogP contribution in [-0.2, 0) is 4.79 Å². The van der Waals surface area contributed by atoms with Crippen molar-refractivity contribution >= 4 is 22.1 Å². The van der Waals surface area contributed by atoms with Gasteiger partial charge in [0.2, 0.25) is 0 Å². The Bertz CT molecular complexity index is 545. The Morgan fingerprint density at radius 3 is 2.94 bits per heavy atom. The molecule has 17 heavy (non-hydrogen) atoms. The third-order valence-electron chi connectivity index (χ3n) is 2.18. The van der Waals surface area contributed by atoms with Crippen LogP contribution < -0.4 is 5.32 Å². The maximum absolute atomic E-state index is 12.1. The summed E-state index contributed by atoms with van der Waals surface area (Å²) < 4.78 is 37.8. The minimum Gasteiger partial charge on any atom is -0.339 e. The van der Waals surface area contributed by atoms with Crippen LogP contribution in [-0.4, -0.2) is 21.5 Å². The summed E-state index contributed by atoms with van der Waals surface area (Å²) in [5.41, 5.74) is 0. The van der Waals surface area contributed by atoms with Crippen LogP contribution in [0.25, 0.3) is 4.83 Å². The Labute approximate surface area is 98.1 Å². The molecule has 0 unspecified atom stereocenters. The molecule has 92 valence electrons. The van der Waals surface area contributed by atoms with Crippen molar-refractivity contribution in [2.45, 2.75) is 19.1 Å². The third kappa shape index (κ3) is 2.26. The van der Waals surface area contributed by atoms with E-state index in [1.54, 1.807) is 22.2 Å². The van der Waals surface area contributed by atoms with E-state index in [9.17, 15) is 18.0 Å². The van der Waals surface area contributed by atoms with E-state index in [4.69, 9.17) is 0 Å². The fourth-order valence-electron chi connectivity index (χ4n) is 1.42. The molecule has 1 N–H and O–H groups in total. The van der Waals surface area contributed by atoms with Crippen LogP contribution in [0.1, 0.15) is 18.8 Å². The highest BCUT2D eigenvalue weighted by Crippen LogP contribution is 2.20. The van der Waals surface area contributed by atoms with E-state index in [1.165, 1.54) is 18.3 Å². The zero-order valence-corrected chi connectivity index (χ0v) is 9.47. The number of carbonyl (C=O) groups excluding carboxylic acids is 1. The number of aromatic nitrogens is 2. The Morgan fingerprint density at radius 2 is 2.29 bits per heavy atom. The molecular weight excluding hydrogens is 255 g/mol. The average Bonchev–Trinajstić information content (AvgIpc) is 2.75. The fraction of sp³-hybridized carbons (Fsp3) is 0.333. The number of halogens is 3. The standard InChI is InChI=1S/C9H8F3N3OS/c1-5(14-8(16)9(10,11)12)7-13-4-6-15(7)2-3-17-6/h2-5H,1H3,(H,14,16)/t5-/m0/s1. The lowest BCUT2D eigenvalue weighted by Crippen LogP contribution is -2.38. The van der Waals surface area contributed by atoms with Crippen LogP contribution in [0.15, 0.2) is 17.8 Å². The molecule has 1 atom stereocenters. The Balaban J connectivity index is 2.19. The second kappa shape index (κ2) is 4.02. The molecule has 0 saturated heterocycles. The summed E-state index contributed by atoms with van der Waals surface area (Å²) in [4.78, 5) is 15.6. The van der Waals surface area contributed by atoms with Gasteiger partial charge in [0.25, 0.3) is 0 Å². The summed E-state index contributed by atoms with van der Waals surface area (Å²) >= 11 is 1.42. The first-order chi connectivity index (χ1) is 7.89. The minimum absolute atomic E-state index is 0.374. The van der Waals surface area contributed by atoms with Gasteiger partial charge in [0, 0.05) is 11.6 Å². The van der Waals surface area contributed by atoms with Crippen LogP contribution in [0.2, 0.25) is 0 Å². The third-order valence-corrected chi connectivity index (χ3v) is 2.98. The first-order valence-electron chi connectivity index (χ1n) is 4.67. The SMILES string of the molecule is C[C@H](NC(=O)C(F)(F)F)c1ncc2sccn12. The monoisotopic (exact) mass is 263 g/mol. The number of alkyl halides is 3. The topological polar surface area (TPSA) is 46.4 Å². The van der Waals surface area contributed by atoms with Crippen molar-refractivity contribution in [1.29, 1.82) is 0 Å². The van der Waals surface area contributed by atoms with Crippen molar-refractivity contribution in [1.82, 2.24) is 14.7 Å². The molecule has 1 amide bonds. The maximum atomic E-state index is 12.1. The highest BCUT2D eigenvalue weighted by Gasteiger charge is 2.39. The molecule has 0 fully saturated rings. The Morgan fingerprint density at radius 1 is 1.59 bits per heavy atom. The van der Waals surface area contributed by atoms with Crippen LogP contribution in [0.5, 0.6) is 0 Å². The smallest absolute Gasteiger partial charge is 0.339 e. The summed E-state index contributed by atoms with van der Waals surface area (Å²) in [6.45, 7) is 1.45. The summed E-state index contributed by atoms with van der Waals surface area (Å²) in [7, 11) is 0. The van der Waals surface area contributed by atoms with Gasteiger partial charge in [-0.3, -0.25) is 9.20 Å². The molecule has 0 radical (unpaired) electrons. The molecule has 4 nitrogen and oxygen atoms in total. The van der Waals surface area contributed by atoms with Crippen molar-refractivity contribution in [2.24, 2.45) is 0 Å². The van der Waals surface area contributed by atoms with Gasteiger partial charge in [-0.2, -0.15) is 13.2 Å². The molecule has 0 aromatic carbocycles. The van der Waals surface area contributed by atoms with Crippen LogP contribution in [0.3, 0.4) is 0 Å². The van der Waals surface area contributed by atoms with E-state index in [0.717, 1.165) is 4.83 Å². The number of nitrogens with one attached hydrogen (secondary N) is 1. The van der Waals surface area contributed by atoms with E-state index in [1.807, 2.05) is 5.32 Å². The number of amides is 1. The predicted octanol–water partition coefficient (Wildman–Crippen LogP) is 2.14. The molecular formula is C9H8F3N3OS. The second-order valence-corrected chi connectivity index (χ2v) is 4.35. The number of hydrogen-bond acceptors (Lipinski definition) is 3. The lowest BCUT2D eigenvalue weighted by atomic mass is 10.3. The molecule has 2 aromatic heterocycles. The molecule has 0 aliphatic carbocycles. The molecule has 0 bridgehead atoms. The molecule has 0 spiro atoms. The lowest BCUT2D eigenvalue weighted by Gasteiger charge is -2.13. The van der Waals surface area contributed by atoms with Crippen molar-refractivity contribution < 1.29 is 18.0 Å². The van der Waals surface area contributed by atoms with Crippen LogP contribution in [0.4, 0.5) is 13.2 Å². The Kier molecular flexibility index (Phi) is 2.82. The molecule has 2 rings (SSSR count). The van der Waals surface area contributed by atoms with Crippen molar-refractivity contribution in [3.63, 3.8) is 0 Å². The largest absolute Gasteiger partial charge is 0.471 e. The highest BCUT2D eigenvalue weighted by atomic mass is 32.1. The first kappa shape index (κ1) is 11.9. The highest BCUT2D eigenvalue weighted by molar-refractivity contribution is 7.15. The zero-order valence-electron chi connectivity index (χ0n) is 8.65. The van der Waals surface area contributed by atoms with Gasteiger partial charge in [-0.25, -0.2) is 4.98 Å². The van der Waals surface area contributed by atoms with Crippen LogP contribution in [0, 0.1) is 0 Å². The van der Waals surface area contributed by atoms with Gasteiger partial charge < -0.3 is 5.32 Å². The van der Waals surface area contributed by atoms with Crippen molar-refractivity contribution in [3.05, 3.63) is 23.6 Å². The van der Waals surface area contributed by atoms with E-state index >= 15 is 0 Å². The van der Waals surface area contributed by atoms with E-state index in [-0.39, 0.29) is 0 Å². The minimum atomic E-state index is -4.88. The van der Waals surface area contributed by atoms with Gasteiger partial charge in [0.1, 0.15) is 10.7 Å². The number of hydrogen-bond donors (Lipinski definition) is 1. The van der Waals surface area contributed by atoms with E-state index in [0.29, 0.717) is 5.82 Å². The summed E-state index contributed by atoms with van der Waals surface area (Å²) in [6, 6.07) is -0.804. The van der Waals surface area contributed by atoms with Gasteiger partial charge in [-0.1, -0.05) is 0 Å². The first-order valence-corrected chi connectivity index (χ1v) is 5.55. The van der Waals surface area contributed by atoms with Gasteiger partial charge >= 0.3 is 12.1 Å². The lowest BCUT2D eigenvalue weighted by molar-refractivity contribution is -0.174. The quantitative estimate of drug-likeness (QED) is 0.902. The molecule has 0 saturated carbocycles. The molecule has 2 aromatic rings. The van der Waals surface area contributed by atoms with Gasteiger partial charge in [-0.05, 0) is 6.92 Å². The van der Waals surface area contributed by atoms with Gasteiger partial charge in [-0.15, -0.1) is 11.3 Å². The second-order valence-electron chi connectivity index (χ2n) is 3.42. The molecule has 2 heterocycles. The molecule has 0 aliphatic rings. The van der Waals surface area contributed by atoms with Gasteiger partial charge in [0.15, 0.2) is 0 Å². The maximum Gasteiger partial charge on any atom is 0.471 e. The normalized spacial score (nSPS) is 13.9. The van der Waals surface area contributed by atoms with Crippen molar-refractivity contribution in [2.75, 3.05) is 0 Å². The zero-order chi connectivity index (χ0) is 12.6. The number of thiazole rings is 1. The summed E-state index contributed by atoms with van der Waals surface area (Å²) in [5.74, 6) is -1.59. The fourth-order valence-corrected chi connectivity index (χ4v) is 2.12. The number of carbonyl (C=O) groups is 1. The summed E-state index contributed by atoms with van der Waals surface area (Å²) in [5, 5.41) is 3.65. The number of rotatable bonds is 2. The summed E-state index contributed by atoms with van der Waals surface area (Å²) in [6.07, 6.45) is -1.63.